The van der Waals surface area contributed by atoms with Crippen LogP contribution in [0.1, 0.15) is 28.8 Å². The minimum Gasteiger partial charge on any atom is -0.299 e. The Bertz CT molecular complexity index is 842. The van der Waals surface area contributed by atoms with Gasteiger partial charge in [-0.15, -0.1) is 0 Å². The van der Waals surface area contributed by atoms with Gasteiger partial charge in [0.05, 0.1) is 0 Å². The number of hydrogen-bond donors (Lipinski definition) is 0. The summed E-state index contributed by atoms with van der Waals surface area (Å²) < 4.78 is 0. The van der Waals surface area contributed by atoms with Gasteiger partial charge in [-0.05, 0) is 55.1 Å². The topological polar surface area (TPSA) is 29.0 Å². The van der Waals surface area contributed by atoms with Gasteiger partial charge in [-0.1, -0.05) is 30.3 Å². The van der Waals surface area contributed by atoms with E-state index in [0.29, 0.717) is 0 Å². The fourth-order valence-electron chi connectivity index (χ4n) is 3.53. The van der Waals surface area contributed by atoms with Crippen LogP contribution in [-0.2, 0) is 19.4 Å². The van der Waals surface area contributed by atoms with E-state index in [4.69, 9.17) is 4.98 Å². The van der Waals surface area contributed by atoms with Crippen LogP contribution in [0.4, 0.5) is 0 Å². The van der Waals surface area contributed by atoms with Crippen LogP contribution in [0.25, 0.3) is 11.0 Å². The minimum absolute atomic E-state index is 0.886. The van der Waals surface area contributed by atoms with Crippen LogP contribution in [0.15, 0.2) is 48.7 Å². The van der Waals surface area contributed by atoms with Crippen molar-refractivity contribution in [2.45, 2.75) is 32.7 Å². The van der Waals surface area contributed by atoms with Crippen molar-refractivity contribution in [3.63, 3.8) is 0 Å². The van der Waals surface area contributed by atoms with Crippen molar-refractivity contribution in [3.05, 3.63) is 71.0 Å². The van der Waals surface area contributed by atoms with Crippen molar-refractivity contribution >= 4 is 11.0 Å². The predicted molar refractivity (Wildman–Crippen MR) is 98.0 cm³/mol. The highest BCUT2D eigenvalue weighted by Gasteiger charge is 2.18. The molecule has 0 bridgehead atoms. The number of rotatable bonds is 4. The summed E-state index contributed by atoms with van der Waals surface area (Å²) >= 11 is 0. The number of aryl methyl sites for hydroxylation is 2. The van der Waals surface area contributed by atoms with Gasteiger partial charge in [0.1, 0.15) is 0 Å². The summed E-state index contributed by atoms with van der Waals surface area (Å²) in [5.74, 6) is 0. The summed E-state index contributed by atoms with van der Waals surface area (Å²) in [5.41, 5.74) is 6.12. The highest BCUT2D eigenvalue weighted by atomic mass is 15.1. The van der Waals surface area contributed by atoms with Gasteiger partial charge in [-0.25, -0.2) is 9.97 Å². The Hall–Kier alpha value is -2.26. The lowest BCUT2D eigenvalue weighted by Crippen LogP contribution is -2.32. The molecule has 3 heterocycles. The molecule has 3 heteroatoms. The molecular formula is C21H23N3. The van der Waals surface area contributed by atoms with Crippen molar-refractivity contribution < 1.29 is 0 Å². The van der Waals surface area contributed by atoms with E-state index in [0.717, 1.165) is 38.1 Å². The molecule has 0 atom stereocenters. The molecule has 0 fully saturated rings. The van der Waals surface area contributed by atoms with Gasteiger partial charge >= 0.3 is 0 Å². The van der Waals surface area contributed by atoms with Gasteiger partial charge in [-0.2, -0.15) is 0 Å². The normalized spacial score (nSPS) is 14.7. The fourth-order valence-corrected chi connectivity index (χ4v) is 3.53. The van der Waals surface area contributed by atoms with E-state index in [1.165, 1.54) is 34.2 Å². The third-order valence-electron chi connectivity index (χ3n) is 4.81. The van der Waals surface area contributed by atoms with Crippen molar-refractivity contribution in [2.75, 3.05) is 13.1 Å². The number of aromatic nitrogens is 2. The molecule has 0 saturated heterocycles. The molecule has 4 rings (SSSR count). The van der Waals surface area contributed by atoms with Crippen LogP contribution >= 0.6 is 0 Å². The Morgan fingerprint density at radius 3 is 2.88 bits per heavy atom. The summed E-state index contributed by atoms with van der Waals surface area (Å²) in [5, 5.41) is 1.17. The lowest BCUT2D eigenvalue weighted by atomic mass is 10.0. The molecule has 0 saturated carbocycles. The lowest BCUT2D eigenvalue weighted by molar-refractivity contribution is 0.249. The highest BCUT2D eigenvalue weighted by Crippen LogP contribution is 2.22. The average molecular weight is 317 g/mol. The smallest absolute Gasteiger partial charge is 0.159 e. The van der Waals surface area contributed by atoms with E-state index in [2.05, 4.69) is 59.3 Å². The number of benzene rings is 1. The molecule has 0 radical (unpaired) electrons. The van der Waals surface area contributed by atoms with Crippen molar-refractivity contribution in [3.8, 4) is 0 Å². The van der Waals surface area contributed by atoms with Gasteiger partial charge in [0, 0.05) is 36.8 Å². The van der Waals surface area contributed by atoms with Crippen LogP contribution < -0.4 is 0 Å². The maximum atomic E-state index is 4.78. The highest BCUT2D eigenvalue weighted by molar-refractivity contribution is 5.76. The second-order valence-electron chi connectivity index (χ2n) is 6.77. The Morgan fingerprint density at radius 2 is 2.00 bits per heavy atom. The van der Waals surface area contributed by atoms with Crippen molar-refractivity contribution in [1.29, 1.82) is 0 Å². The molecule has 0 amide bonds. The molecular weight excluding hydrogens is 294 g/mol. The van der Waals surface area contributed by atoms with Gasteiger partial charge in [-0.3, -0.25) is 4.90 Å². The van der Waals surface area contributed by atoms with Gasteiger partial charge in [0.2, 0.25) is 0 Å². The molecule has 122 valence electrons. The first-order valence-corrected chi connectivity index (χ1v) is 8.79. The minimum atomic E-state index is 0.886. The summed E-state index contributed by atoms with van der Waals surface area (Å²) in [6.07, 6.45) is 5.30. The summed E-state index contributed by atoms with van der Waals surface area (Å²) in [6.45, 7) is 5.35. The Kier molecular flexibility index (Phi) is 4.26. The molecule has 3 nitrogen and oxygen atoms in total. The molecule has 24 heavy (non-hydrogen) atoms. The van der Waals surface area contributed by atoms with Crippen molar-refractivity contribution in [1.82, 2.24) is 14.9 Å². The number of nitrogens with zero attached hydrogens (tertiary/aromatic N) is 3. The summed E-state index contributed by atoms with van der Waals surface area (Å²) in [6, 6.07) is 15.2. The number of pyridine rings is 2. The van der Waals surface area contributed by atoms with Gasteiger partial charge in [0.15, 0.2) is 5.65 Å². The maximum Gasteiger partial charge on any atom is 0.159 e. The van der Waals surface area contributed by atoms with E-state index in [1.807, 2.05) is 6.20 Å². The molecule has 1 aliphatic rings. The quantitative estimate of drug-likeness (QED) is 0.730. The number of hydrogen-bond acceptors (Lipinski definition) is 3. The van der Waals surface area contributed by atoms with Crippen molar-refractivity contribution in [2.24, 2.45) is 0 Å². The van der Waals surface area contributed by atoms with Crippen LogP contribution in [0.3, 0.4) is 0 Å². The molecule has 3 aromatic rings. The van der Waals surface area contributed by atoms with E-state index in [9.17, 15) is 0 Å². The molecule has 0 aliphatic carbocycles. The van der Waals surface area contributed by atoms with Crippen LogP contribution in [0, 0.1) is 6.92 Å². The maximum absolute atomic E-state index is 4.78. The second kappa shape index (κ2) is 6.70. The predicted octanol–water partition coefficient (Wildman–Crippen LogP) is 3.93. The first kappa shape index (κ1) is 15.3. The van der Waals surface area contributed by atoms with Crippen LogP contribution in [-0.4, -0.2) is 28.0 Å². The third-order valence-corrected chi connectivity index (χ3v) is 4.81. The first-order chi connectivity index (χ1) is 11.8. The Balaban J connectivity index is 1.43. The molecule has 0 N–H and O–H groups in total. The van der Waals surface area contributed by atoms with Crippen LogP contribution in [0.2, 0.25) is 0 Å². The SMILES string of the molecule is Cc1cnc2nc3c(cc2c1)CN(CCCc1ccccc1)CC3. The third kappa shape index (κ3) is 3.31. The number of fused-ring (bicyclic) bond motifs is 2. The van der Waals surface area contributed by atoms with E-state index < -0.39 is 0 Å². The summed E-state index contributed by atoms with van der Waals surface area (Å²) in [7, 11) is 0. The van der Waals surface area contributed by atoms with Crippen LogP contribution in [0.5, 0.6) is 0 Å². The molecule has 1 aliphatic heterocycles. The molecule has 2 aromatic heterocycles. The second-order valence-corrected chi connectivity index (χ2v) is 6.77. The lowest BCUT2D eigenvalue weighted by Gasteiger charge is -2.28. The zero-order valence-corrected chi connectivity index (χ0v) is 14.2. The zero-order chi connectivity index (χ0) is 16.4. The average Bonchev–Trinajstić information content (AvgIpc) is 2.61. The summed E-state index contributed by atoms with van der Waals surface area (Å²) in [4.78, 5) is 11.8. The Morgan fingerprint density at radius 1 is 1.12 bits per heavy atom. The monoisotopic (exact) mass is 317 g/mol. The van der Waals surface area contributed by atoms with E-state index >= 15 is 0 Å². The standard InChI is InChI=1S/C21H23N3/c1-16-12-18-13-19-15-24(10-5-8-17-6-3-2-4-7-17)11-9-20(19)23-21(18)22-14-16/h2-4,6-7,12-14H,5,8-11,15H2,1H3. The fraction of sp³-hybridized carbons (Fsp3) is 0.333. The van der Waals surface area contributed by atoms with E-state index in [-0.39, 0.29) is 0 Å². The Labute approximate surface area is 143 Å². The molecule has 0 unspecified atom stereocenters. The first-order valence-electron chi connectivity index (χ1n) is 8.79. The largest absolute Gasteiger partial charge is 0.299 e. The van der Waals surface area contributed by atoms with Gasteiger partial charge < -0.3 is 0 Å². The van der Waals surface area contributed by atoms with Gasteiger partial charge in [0.25, 0.3) is 0 Å². The molecule has 0 spiro atoms. The molecule has 1 aromatic carbocycles. The zero-order valence-electron chi connectivity index (χ0n) is 14.2. The van der Waals surface area contributed by atoms with E-state index in [1.54, 1.807) is 0 Å².